The zero-order valence-electron chi connectivity index (χ0n) is 21.4. The molecule has 1 unspecified atom stereocenters. The molecule has 0 saturated carbocycles. The van der Waals surface area contributed by atoms with Gasteiger partial charge in [-0.1, -0.05) is 29.5 Å². The van der Waals surface area contributed by atoms with Gasteiger partial charge < -0.3 is 10.0 Å². The Hall–Kier alpha value is -3.56. The van der Waals surface area contributed by atoms with Crippen LogP contribution in [0.25, 0.3) is 10.2 Å². The van der Waals surface area contributed by atoms with Crippen LogP contribution in [0, 0.1) is 20.8 Å². The predicted molar refractivity (Wildman–Crippen MR) is 150 cm³/mol. The first kappa shape index (κ1) is 25.1. The van der Waals surface area contributed by atoms with Crippen LogP contribution in [0.3, 0.4) is 0 Å². The maximum Gasteiger partial charge on any atom is 0.296 e. The molecular formula is C28H28N4O3S2. The Morgan fingerprint density at radius 3 is 2.35 bits per heavy atom. The number of ketones is 1. The number of thiazole rings is 2. The van der Waals surface area contributed by atoms with E-state index in [2.05, 4.69) is 23.7 Å². The third-order valence-electron chi connectivity index (χ3n) is 6.64. The van der Waals surface area contributed by atoms with E-state index in [1.807, 2.05) is 56.3 Å². The van der Waals surface area contributed by atoms with Gasteiger partial charge in [-0.25, -0.2) is 9.97 Å². The molecule has 1 N–H and O–H groups in total. The van der Waals surface area contributed by atoms with Crippen molar-refractivity contribution in [1.82, 2.24) is 9.97 Å². The first-order valence-corrected chi connectivity index (χ1v) is 13.8. The smallest absolute Gasteiger partial charge is 0.296 e. The molecule has 1 amide bonds. The van der Waals surface area contributed by atoms with Crippen LogP contribution in [0.4, 0.5) is 10.8 Å². The predicted octanol–water partition coefficient (Wildman–Crippen LogP) is 6.31. The molecule has 5 rings (SSSR count). The monoisotopic (exact) mass is 532 g/mol. The van der Waals surface area contributed by atoms with E-state index in [4.69, 9.17) is 4.98 Å². The lowest BCUT2D eigenvalue weighted by Gasteiger charge is -2.26. The van der Waals surface area contributed by atoms with E-state index in [1.54, 1.807) is 6.92 Å². The molecule has 1 aliphatic heterocycles. The fourth-order valence-corrected chi connectivity index (χ4v) is 6.76. The zero-order valence-corrected chi connectivity index (χ0v) is 23.0. The molecule has 2 aromatic carbocycles. The van der Waals surface area contributed by atoms with Crippen LogP contribution in [0.15, 0.2) is 53.8 Å². The highest BCUT2D eigenvalue weighted by Gasteiger charge is 2.46. The van der Waals surface area contributed by atoms with Crippen LogP contribution in [-0.4, -0.2) is 39.9 Å². The molecule has 190 valence electrons. The molecule has 4 aromatic rings. The number of rotatable bonds is 7. The third kappa shape index (κ3) is 4.32. The van der Waals surface area contributed by atoms with Crippen molar-refractivity contribution < 1.29 is 14.7 Å². The Bertz CT molecular complexity index is 1550. The van der Waals surface area contributed by atoms with E-state index in [9.17, 15) is 14.7 Å². The molecule has 37 heavy (non-hydrogen) atoms. The summed E-state index contributed by atoms with van der Waals surface area (Å²) in [6.45, 7) is 11.5. The minimum absolute atomic E-state index is 0.0581. The second-order valence-corrected chi connectivity index (χ2v) is 11.3. The van der Waals surface area contributed by atoms with Gasteiger partial charge in [0.1, 0.15) is 0 Å². The lowest BCUT2D eigenvalue weighted by atomic mass is 9.95. The number of nitrogens with zero attached hydrogens (tertiary/aromatic N) is 4. The molecule has 3 heterocycles. The van der Waals surface area contributed by atoms with Crippen LogP contribution in [0.5, 0.6) is 0 Å². The Labute approximate surface area is 223 Å². The molecule has 2 aromatic heterocycles. The number of aryl methyl sites for hydroxylation is 3. The minimum Gasteiger partial charge on any atom is -0.503 e. The maximum atomic E-state index is 13.8. The van der Waals surface area contributed by atoms with Crippen molar-refractivity contribution >= 4 is 55.4 Å². The molecular weight excluding hydrogens is 504 g/mol. The van der Waals surface area contributed by atoms with E-state index in [0.29, 0.717) is 15.7 Å². The Balaban J connectivity index is 1.66. The molecule has 0 spiro atoms. The summed E-state index contributed by atoms with van der Waals surface area (Å²) in [5, 5.41) is 12.3. The quantitative estimate of drug-likeness (QED) is 0.281. The van der Waals surface area contributed by atoms with Gasteiger partial charge in [-0.15, -0.1) is 11.3 Å². The Morgan fingerprint density at radius 2 is 1.73 bits per heavy atom. The van der Waals surface area contributed by atoms with Gasteiger partial charge in [0.15, 0.2) is 10.9 Å². The molecule has 7 nitrogen and oxygen atoms in total. The molecule has 1 atom stereocenters. The Morgan fingerprint density at radius 1 is 1.03 bits per heavy atom. The molecule has 0 fully saturated rings. The van der Waals surface area contributed by atoms with Gasteiger partial charge in [0.25, 0.3) is 5.91 Å². The van der Waals surface area contributed by atoms with Crippen molar-refractivity contribution in [3.8, 4) is 0 Å². The summed E-state index contributed by atoms with van der Waals surface area (Å²) in [5.74, 6) is -1.55. The average molecular weight is 533 g/mol. The van der Waals surface area contributed by atoms with Crippen molar-refractivity contribution in [3.63, 3.8) is 0 Å². The number of aliphatic hydroxyl groups is 1. The number of hydrogen-bond acceptors (Lipinski definition) is 8. The molecule has 0 radical (unpaired) electrons. The van der Waals surface area contributed by atoms with E-state index < -0.39 is 17.7 Å². The van der Waals surface area contributed by atoms with Crippen LogP contribution in [0.1, 0.15) is 51.4 Å². The zero-order chi connectivity index (χ0) is 26.4. The molecule has 0 aliphatic carbocycles. The fourth-order valence-electron chi connectivity index (χ4n) is 4.79. The average Bonchev–Trinajstić information content (AvgIpc) is 3.52. The molecule has 9 heteroatoms. The summed E-state index contributed by atoms with van der Waals surface area (Å²) in [7, 11) is 0. The van der Waals surface area contributed by atoms with Gasteiger partial charge in [0.2, 0.25) is 5.78 Å². The summed E-state index contributed by atoms with van der Waals surface area (Å²) in [4.78, 5) is 40.6. The van der Waals surface area contributed by atoms with E-state index in [1.165, 1.54) is 27.6 Å². The van der Waals surface area contributed by atoms with Gasteiger partial charge in [-0.3, -0.25) is 14.5 Å². The summed E-state index contributed by atoms with van der Waals surface area (Å²) < 4.78 is 0.937. The van der Waals surface area contributed by atoms with E-state index >= 15 is 0 Å². The second kappa shape index (κ2) is 9.72. The lowest BCUT2D eigenvalue weighted by Crippen LogP contribution is -2.31. The topological polar surface area (TPSA) is 86.6 Å². The molecule has 0 saturated heterocycles. The highest BCUT2D eigenvalue weighted by Crippen LogP contribution is 2.45. The van der Waals surface area contributed by atoms with Crippen LogP contribution in [-0.2, 0) is 4.79 Å². The number of Topliss-reactive ketones (excluding diaryl/α,β-unsaturated/α-hetero) is 1. The van der Waals surface area contributed by atoms with Crippen LogP contribution >= 0.6 is 22.7 Å². The number of hydrogen-bond donors (Lipinski definition) is 1. The number of aromatic nitrogens is 2. The summed E-state index contributed by atoms with van der Waals surface area (Å²) in [6.07, 6.45) is 0. The standard InChI is InChI=1S/C28H28N4O3S2/c1-6-31(7-2)19-11-9-18(10-12-19)23-22(24(33)26-16(4)29-17(5)36-26)25(34)27(35)32(23)28-30-20-13-8-15(3)14-21(20)37-28/h8-14,23,34H,6-7H2,1-5H3. The number of carbonyl (C=O) groups excluding carboxylic acids is 2. The van der Waals surface area contributed by atoms with Crippen molar-refractivity contribution in [2.45, 2.75) is 40.7 Å². The van der Waals surface area contributed by atoms with E-state index in [0.717, 1.165) is 45.1 Å². The number of amides is 1. The Kier molecular flexibility index (Phi) is 6.59. The number of aliphatic hydroxyl groups excluding tert-OH is 1. The number of carbonyl (C=O) groups is 2. The third-order valence-corrected chi connectivity index (χ3v) is 8.73. The first-order valence-electron chi connectivity index (χ1n) is 12.2. The van der Waals surface area contributed by atoms with Gasteiger partial charge in [0.05, 0.1) is 37.4 Å². The highest BCUT2D eigenvalue weighted by molar-refractivity contribution is 7.22. The lowest BCUT2D eigenvalue weighted by molar-refractivity contribution is -0.117. The van der Waals surface area contributed by atoms with Crippen LogP contribution < -0.4 is 9.80 Å². The summed E-state index contributed by atoms with van der Waals surface area (Å²) >= 11 is 2.64. The summed E-state index contributed by atoms with van der Waals surface area (Å²) in [5.41, 5.74) is 4.28. The summed E-state index contributed by atoms with van der Waals surface area (Å²) in [6, 6.07) is 12.9. The molecule has 1 aliphatic rings. The minimum atomic E-state index is -0.811. The first-order chi connectivity index (χ1) is 17.7. The maximum absolute atomic E-state index is 13.8. The van der Waals surface area contributed by atoms with Gasteiger partial charge in [-0.2, -0.15) is 0 Å². The van der Waals surface area contributed by atoms with E-state index in [-0.39, 0.29) is 11.4 Å². The van der Waals surface area contributed by atoms with Gasteiger partial charge in [-0.05, 0) is 70.0 Å². The van der Waals surface area contributed by atoms with Crippen LogP contribution in [0.2, 0.25) is 0 Å². The highest BCUT2D eigenvalue weighted by atomic mass is 32.1. The van der Waals surface area contributed by atoms with Crippen molar-refractivity contribution in [3.05, 3.63) is 80.5 Å². The normalized spacial score (nSPS) is 15.8. The fraction of sp³-hybridized carbons (Fsp3) is 0.286. The number of fused-ring (bicyclic) bond motifs is 1. The second-order valence-electron chi connectivity index (χ2n) is 9.05. The van der Waals surface area contributed by atoms with Crippen molar-refractivity contribution in [1.29, 1.82) is 0 Å². The number of benzene rings is 2. The van der Waals surface area contributed by atoms with Crippen molar-refractivity contribution in [2.75, 3.05) is 22.9 Å². The SMILES string of the molecule is CCN(CC)c1ccc(C2C(C(=O)c3sc(C)nc3C)=C(O)C(=O)N2c2nc3ccc(C)cc3s2)cc1. The van der Waals surface area contributed by atoms with Crippen molar-refractivity contribution in [2.24, 2.45) is 0 Å². The number of anilines is 2. The van der Waals surface area contributed by atoms with Gasteiger partial charge in [0, 0.05) is 18.8 Å². The largest absolute Gasteiger partial charge is 0.503 e. The van der Waals surface area contributed by atoms with Gasteiger partial charge >= 0.3 is 0 Å². The molecule has 0 bridgehead atoms.